The van der Waals surface area contributed by atoms with Gasteiger partial charge >= 0.3 is 0 Å². The van der Waals surface area contributed by atoms with Gasteiger partial charge in [-0.3, -0.25) is 0 Å². The van der Waals surface area contributed by atoms with Crippen molar-refractivity contribution in [1.82, 2.24) is 10.2 Å². The molecule has 0 aliphatic carbocycles. The first-order chi connectivity index (χ1) is 8.17. The van der Waals surface area contributed by atoms with Gasteiger partial charge in [-0.15, -0.1) is 0 Å². The Morgan fingerprint density at radius 1 is 1.41 bits per heavy atom. The molecule has 0 bridgehead atoms. The van der Waals surface area contributed by atoms with Crippen molar-refractivity contribution in [3.8, 4) is 6.07 Å². The highest BCUT2D eigenvalue weighted by Crippen LogP contribution is 2.22. The molecule has 0 aromatic rings. The molecule has 1 fully saturated rings. The van der Waals surface area contributed by atoms with Crippen molar-refractivity contribution in [3.05, 3.63) is 0 Å². The number of piperidine rings is 1. The number of nitrogens with zero attached hydrogens (tertiary/aromatic N) is 2. The van der Waals surface area contributed by atoms with E-state index >= 15 is 0 Å². The topological polar surface area (TPSA) is 39.1 Å². The van der Waals surface area contributed by atoms with Crippen LogP contribution in [0.25, 0.3) is 0 Å². The summed E-state index contributed by atoms with van der Waals surface area (Å²) in [6.07, 6.45) is 3.36. The zero-order chi connectivity index (χ0) is 12.7. The number of hydrogen-bond acceptors (Lipinski definition) is 3. The minimum absolute atomic E-state index is 0.0320. The normalized spacial score (nSPS) is 27.6. The van der Waals surface area contributed by atoms with Crippen LogP contribution >= 0.6 is 0 Å². The van der Waals surface area contributed by atoms with Gasteiger partial charge in [0.05, 0.1) is 12.1 Å². The molecule has 0 saturated carbocycles. The van der Waals surface area contributed by atoms with Gasteiger partial charge in [0.15, 0.2) is 0 Å². The lowest BCUT2D eigenvalue weighted by molar-refractivity contribution is 0.135. The summed E-state index contributed by atoms with van der Waals surface area (Å²) in [4.78, 5) is 2.52. The van der Waals surface area contributed by atoms with Crippen molar-refractivity contribution < 1.29 is 0 Å². The van der Waals surface area contributed by atoms with Gasteiger partial charge in [-0.05, 0) is 44.2 Å². The van der Waals surface area contributed by atoms with Crippen molar-refractivity contribution in [2.75, 3.05) is 26.2 Å². The van der Waals surface area contributed by atoms with Gasteiger partial charge in [0.25, 0.3) is 0 Å². The predicted molar refractivity (Wildman–Crippen MR) is 71.7 cm³/mol. The number of nitriles is 1. The highest BCUT2D eigenvalue weighted by Gasteiger charge is 2.22. The van der Waals surface area contributed by atoms with E-state index < -0.39 is 0 Å². The van der Waals surface area contributed by atoms with Gasteiger partial charge in [0.1, 0.15) is 0 Å². The van der Waals surface area contributed by atoms with E-state index in [1.54, 1.807) is 0 Å². The van der Waals surface area contributed by atoms with Gasteiger partial charge < -0.3 is 10.2 Å². The molecule has 1 rings (SSSR count). The fourth-order valence-corrected chi connectivity index (χ4v) is 2.39. The smallest absolute Gasteiger partial charge is 0.0965 e. The standard InChI is InChI=1S/C14H27N3/c1-4-7-16-14(10-15)6-9-17-8-5-12(2)13(3)11-17/h12-14,16H,4-9,11H2,1-3H3. The number of rotatable bonds is 6. The van der Waals surface area contributed by atoms with E-state index in [1.807, 2.05) is 0 Å². The molecule has 1 aliphatic rings. The maximum absolute atomic E-state index is 9.05. The molecule has 1 aliphatic heterocycles. The van der Waals surface area contributed by atoms with Gasteiger partial charge in [0, 0.05) is 13.1 Å². The predicted octanol–water partition coefficient (Wildman–Crippen LogP) is 2.25. The summed E-state index contributed by atoms with van der Waals surface area (Å²) >= 11 is 0. The molecule has 0 spiro atoms. The van der Waals surface area contributed by atoms with E-state index in [0.717, 1.165) is 37.8 Å². The molecule has 0 aromatic carbocycles. The van der Waals surface area contributed by atoms with Gasteiger partial charge in [-0.2, -0.15) is 5.26 Å². The SMILES string of the molecule is CCCNC(C#N)CCN1CCC(C)C(C)C1. The lowest BCUT2D eigenvalue weighted by Crippen LogP contribution is -2.41. The molecule has 1 saturated heterocycles. The van der Waals surface area contributed by atoms with Crippen LogP contribution in [0.15, 0.2) is 0 Å². The fraction of sp³-hybridized carbons (Fsp3) is 0.929. The number of likely N-dealkylation sites (tertiary alicyclic amines) is 1. The summed E-state index contributed by atoms with van der Waals surface area (Å²) in [5.41, 5.74) is 0. The van der Waals surface area contributed by atoms with Crippen LogP contribution in [0.1, 0.15) is 40.0 Å². The maximum atomic E-state index is 9.05. The van der Waals surface area contributed by atoms with Crippen molar-refractivity contribution in [2.24, 2.45) is 11.8 Å². The average Bonchev–Trinajstić information content (AvgIpc) is 2.34. The van der Waals surface area contributed by atoms with Crippen molar-refractivity contribution in [3.63, 3.8) is 0 Å². The van der Waals surface area contributed by atoms with Crippen LogP contribution in [0, 0.1) is 23.2 Å². The quantitative estimate of drug-likeness (QED) is 0.770. The van der Waals surface area contributed by atoms with Crippen LogP contribution in [-0.4, -0.2) is 37.1 Å². The Bertz CT molecular complexity index is 246. The summed E-state index contributed by atoms with van der Waals surface area (Å²) in [6, 6.07) is 2.39. The van der Waals surface area contributed by atoms with E-state index in [4.69, 9.17) is 5.26 Å². The highest BCUT2D eigenvalue weighted by atomic mass is 15.1. The van der Waals surface area contributed by atoms with Gasteiger partial charge in [-0.25, -0.2) is 0 Å². The highest BCUT2D eigenvalue weighted by molar-refractivity contribution is 4.90. The van der Waals surface area contributed by atoms with E-state index in [0.29, 0.717) is 0 Å². The second-order valence-corrected chi connectivity index (χ2v) is 5.47. The molecule has 1 N–H and O–H groups in total. The van der Waals surface area contributed by atoms with Crippen LogP contribution in [0.4, 0.5) is 0 Å². The minimum Gasteiger partial charge on any atom is -0.303 e. The minimum atomic E-state index is 0.0320. The second-order valence-electron chi connectivity index (χ2n) is 5.47. The Hall–Kier alpha value is -0.590. The third-order valence-electron chi connectivity index (χ3n) is 3.95. The number of hydrogen-bond donors (Lipinski definition) is 1. The van der Waals surface area contributed by atoms with E-state index in [1.165, 1.54) is 19.5 Å². The van der Waals surface area contributed by atoms with Crippen LogP contribution in [0.3, 0.4) is 0 Å². The van der Waals surface area contributed by atoms with Crippen molar-refractivity contribution in [2.45, 2.75) is 46.1 Å². The Balaban J connectivity index is 2.23. The van der Waals surface area contributed by atoms with Crippen molar-refractivity contribution in [1.29, 1.82) is 5.26 Å². The first-order valence-corrected chi connectivity index (χ1v) is 7.02. The molecule has 3 atom stereocenters. The lowest BCUT2D eigenvalue weighted by atomic mass is 9.88. The summed E-state index contributed by atoms with van der Waals surface area (Å²) in [5, 5.41) is 12.3. The Morgan fingerprint density at radius 3 is 2.76 bits per heavy atom. The molecule has 3 unspecified atom stereocenters. The molecule has 3 heteroatoms. The van der Waals surface area contributed by atoms with E-state index in [9.17, 15) is 0 Å². The maximum Gasteiger partial charge on any atom is 0.0965 e. The molecule has 3 nitrogen and oxygen atoms in total. The summed E-state index contributed by atoms with van der Waals surface area (Å²) < 4.78 is 0. The number of nitrogens with one attached hydrogen (secondary N) is 1. The molecular weight excluding hydrogens is 210 g/mol. The molecule has 0 radical (unpaired) electrons. The lowest BCUT2D eigenvalue weighted by Gasteiger charge is -2.35. The molecule has 98 valence electrons. The third-order valence-corrected chi connectivity index (χ3v) is 3.95. The van der Waals surface area contributed by atoms with Gasteiger partial charge in [0.2, 0.25) is 0 Å². The zero-order valence-corrected chi connectivity index (χ0v) is 11.6. The summed E-state index contributed by atoms with van der Waals surface area (Å²) in [6.45, 7) is 11.2. The van der Waals surface area contributed by atoms with Crippen LogP contribution in [0.5, 0.6) is 0 Å². The van der Waals surface area contributed by atoms with Crippen molar-refractivity contribution >= 4 is 0 Å². The third kappa shape index (κ3) is 5.06. The van der Waals surface area contributed by atoms with E-state index in [2.05, 4.69) is 37.1 Å². The largest absolute Gasteiger partial charge is 0.303 e. The second kappa shape index (κ2) is 7.68. The molecule has 17 heavy (non-hydrogen) atoms. The molecule has 0 aromatic heterocycles. The molecule has 1 heterocycles. The monoisotopic (exact) mass is 237 g/mol. The van der Waals surface area contributed by atoms with Gasteiger partial charge in [-0.1, -0.05) is 20.8 Å². The van der Waals surface area contributed by atoms with Crippen LogP contribution < -0.4 is 5.32 Å². The molecule has 0 amide bonds. The zero-order valence-electron chi connectivity index (χ0n) is 11.6. The molecular formula is C14H27N3. The van der Waals surface area contributed by atoms with E-state index in [-0.39, 0.29) is 6.04 Å². The average molecular weight is 237 g/mol. The fourth-order valence-electron chi connectivity index (χ4n) is 2.39. The Kier molecular flexibility index (Phi) is 6.54. The first kappa shape index (κ1) is 14.5. The summed E-state index contributed by atoms with van der Waals surface area (Å²) in [5.74, 6) is 1.66. The Labute approximate surface area is 106 Å². The van der Waals surface area contributed by atoms with Crippen LogP contribution in [-0.2, 0) is 0 Å². The summed E-state index contributed by atoms with van der Waals surface area (Å²) in [7, 11) is 0. The first-order valence-electron chi connectivity index (χ1n) is 7.02. The Morgan fingerprint density at radius 2 is 2.18 bits per heavy atom. The van der Waals surface area contributed by atoms with Crippen LogP contribution in [0.2, 0.25) is 0 Å².